The summed E-state index contributed by atoms with van der Waals surface area (Å²) in [5, 5.41) is 0. The molecular weight excluding hydrogens is 134 g/mol. The number of aryl methyl sites for hydroxylation is 1. The molecule has 1 atom stereocenters. The highest BCUT2D eigenvalue weighted by molar-refractivity contribution is 5.25. The van der Waals surface area contributed by atoms with Crippen molar-refractivity contribution in [3.05, 3.63) is 35.4 Å². The third-order valence-corrected chi connectivity index (χ3v) is 1.96. The minimum absolute atomic E-state index is 0.481. The van der Waals surface area contributed by atoms with Crippen molar-refractivity contribution < 1.29 is 0 Å². The Bertz CT molecular complexity index is 230. The molecule has 0 radical (unpaired) electrons. The summed E-state index contributed by atoms with van der Waals surface area (Å²) in [6, 6.07) is 8.51. The molecule has 1 aromatic rings. The van der Waals surface area contributed by atoms with Crippen molar-refractivity contribution in [1.29, 1.82) is 0 Å². The summed E-state index contributed by atoms with van der Waals surface area (Å²) in [5.41, 5.74) is 8.20. The quantitative estimate of drug-likeness (QED) is 0.684. The second-order valence-corrected chi connectivity index (χ2v) is 3.05. The van der Waals surface area contributed by atoms with Gasteiger partial charge in [-0.2, -0.15) is 0 Å². The first-order valence-corrected chi connectivity index (χ1v) is 4.00. The lowest BCUT2D eigenvalue weighted by molar-refractivity contribution is 0.773. The number of hydrogen-bond donors (Lipinski definition) is 1. The van der Waals surface area contributed by atoms with E-state index in [1.165, 1.54) is 11.1 Å². The molecule has 0 fully saturated rings. The largest absolute Gasteiger partial charge is 0.330 e. The van der Waals surface area contributed by atoms with E-state index in [2.05, 4.69) is 38.1 Å². The van der Waals surface area contributed by atoms with E-state index in [0.717, 1.165) is 6.54 Å². The number of hydrogen-bond acceptors (Lipinski definition) is 1. The zero-order valence-electron chi connectivity index (χ0n) is 7.17. The van der Waals surface area contributed by atoms with Crippen molar-refractivity contribution in [3.8, 4) is 0 Å². The van der Waals surface area contributed by atoms with Gasteiger partial charge in [-0.05, 0) is 24.9 Å². The van der Waals surface area contributed by atoms with E-state index in [1.807, 2.05) is 0 Å². The zero-order valence-corrected chi connectivity index (χ0v) is 7.17. The summed E-state index contributed by atoms with van der Waals surface area (Å²) in [4.78, 5) is 0. The lowest BCUT2D eigenvalue weighted by Gasteiger charge is -2.08. The maximum atomic E-state index is 5.55. The van der Waals surface area contributed by atoms with Gasteiger partial charge in [-0.25, -0.2) is 0 Å². The SMILES string of the molecule is Cc1cccc([C@H](C)CN)c1. The topological polar surface area (TPSA) is 26.0 Å². The Morgan fingerprint density at radius 3 is 2.73 bits per heavy atom. The second kappa shape index (κ2) is 3.54. The Morgan fingerprint density at radius 2 is 2.18 bits per heavy atom. The summed E-state index contributed by atoms with van der Waals surface area (Å²) in [6.07, 6.45) is 0. The summed E-state index contributed by atoms with van der Waals surface area (Å²) in [6.45, 7) is 4.98. The molecule has 0 aliphatic rings. The molecule has 0 aliphatic carbocycles. The van der Waals surface area contributed by atoms with Gasteiger partial charge in [0.05, 0.1) is 0 Å². The molecule has 0 aromatic heterocycles. The fraction of sp³-hybridized carbons (Fsp3) is 0.400. The lowest BCUT2D eigenvalue weighted by atomic mass is 10.00. The highest BCUT2D eigenvalue weighted by Crippen LogP contribution is 2.14. The average molecular weight is 149 g/mol. The van der Waals surface area contributed by atoms with Crippen molar-refractivity contribution >= 4 is 0 Å². The number of rotatable bonds is 2. The van der Waals surface area contributed by atoms with Gasteiger partial charge in [0, 0.05) is 0 Å². The maximum absolute atomic E-state index is 5.55. The van der Waals surface area contributed by atoms with Crippen molar-refractivity contribution in [2.75, 3.05) is 6.54 Å². The van der Waals surface area contributed by atoms with Gasteiger partial charge in [0.25, 0.3) is 0 Å². The van der Waals surface area contributed by atoms with Crippen LogP contribution >= 0.6 is 0 Å². The fourth-order valence-corrected chi connectivity index (χ4v) is 1.11. The monoisotopic (exact) mass is 149 g/mol. The lowest BCUT2D eigenvalue weighted by Crippen LogP contribution is -2.08. The van der Waals surface area contributed by atoms with Gasteiger partial charge in [-0.1, -0.05) is 36.8 Å². The van der Waals surface area contributed by atoms with Crippen LogP contribution in [0.2, 0.25) is 0 Å². The van der Waals surface area contributed by atoms with E-state index in [-0.39, 0.29) is 0 Å². The first-order valence-electron chi connectivity index (χ1n) is 4.00. The molecule has 1 nitrogen and oxygen atoms in total. The first kappa shape index (κ1) is 8.28. The average Bonchev–Trinajstić information content (AvgIpc) is 2.03. The van der Waals surface area contributed by atoms with Crippen LogP contribution in [-0.2, 0) is 0 Å². The first-order chi connectivity index (χ1) is 5.24. The predicted molar refractivity (Wildman–Crippen MR) is 48.6 cm³/mol. The Labute approximate surface area is 68.2 Å². The molecule has 0 aliphatic heterocycles. The molecule has 0 saturated carbocycles. The van der Waals surface area contributed by atoms with Gasteiger partial charge < -0.3 is 5.73 Å². The summed E-state index contributed by atoms with van der Waals surface area (Å²) < 4.78 is 0. The normalized spacial score (nSPS) is 13.0. The minimum atomic E-state index is 0.481. The molecule has 1 heteroatoms. The van der Waals surface area contributed by atoms with Gasteiger partial charge in [-0.3, -0.25) is 0 Å². The van der Waals surface area contributed by atoms with Crippen molar-refractivity contribution in [2.24, 2.45) is 5.73 Å². The fourth-order valence-electron chi connectivity index (χ4n) is 1.11. The molecule has 0 spiro atoms. The molecule has 0 amide bonds. The Hall–Kier alpha value is -0.820. The van der Waals surface area contributed by atoms with E-state index < -0.39 is 0 Å². The predicted octanol–water partition coefficient (Wildman–Crippen LogP) is 2.06. The van der Waals surface area contributed by atoms with Crippen LogP contribution < -0.4 is 5.73 Å². The van der Waals surface area contributed by atoms with Gasteiger partial charge >= 0.3 is 0 Å². The Balaban J connectivity index is 2.86. The van der Waals surface area contributed by atoms with Gasteiger partial charge in [-0.15, -0.1) is 0 Å². The van der Waals surface area contributed by atoms with Gasteiger partial charge in [0.2, 0.25) is 0 Å². The molecule has 0 heterocycles. The van der Waals surface area contributed by atoms with Crippen LogP contribution in [0, 0.1) is 6.92 Å². The zero-order chi connectivity index (χ0) is 8.27. The van der Waals surface area contributed by atoms with Gasteiger partial charge in [0.1, 0.15) is 0 Å². The highest BCUT2D eigenvalue weighted by Gasteiger charge is 2.01. The second-order valence-electron chi connectivity index (χ2n) is 3.05. The number of nitrogens with two attached hydrogens (primary N) is 1. The highest BCUT2D eigenvalue weighted by atomic mass is 14.5. The van der Waals surface area contributed by atoms with Crippen molar-refractivity contribution in [3.63, 3.8) is 0 Å². The van der Waals surface area contributed by atoms with Crippen LogP contribution in [0.3, 0.4) is 0 Å². The Kier molecular flexibility index (Phi) is 2.66. The summed E-state index contributed by atoms with van der Waals surface area (Å²) in [5.74, 6) is 0.481. The van der Waals surface area contributed by atoms with E-state index in [4.69, 9.17) is 5.73 Å². The molecule has 1 rings (SSSR count). The van der Waals surface area contributed by atoms with Gasteiger partial charge in [0.15, 0.2) is 0 Å². The van der Waals surface area contributed by atoms with E-state index in [0.29, 0.717) is 5.92 Å². The van der Waals surface area contributed by atoms with Crippen LogP contribution in [0.5, 0.6) is 0 Å². The molecule has 0 saturated heterocycles. The molecular formula is C10H15N. The Morgan fingerprint density at radius 1 is 1.45 bits per heavy atom. The molecule has 0 unspecified atom stereocenters. The molecule has 1 aromatic carbocycles. The van der Waals surface area contributed by atoms with Crippen molar-refractivity contribution in [2.45, 2.75) is 19.8 Å². The van der Waals surface area contributed by atoms with E-state index in [1.54, 1.807) is 0 Å². The van der Waals surface area contributed by atoms with E-state index >= 15 is 0 Å². The molecule has 11 heavy (non-hydrogen) atoms. The van der Waals surface area contributed by atoms with E-state index in [9.17, 15) is 0 Å². The third-order valence-electron chi connectivity index (χ3n) is 1.96. The molecule has 0 bridgehead atoms. The van der Waals surface area contributed by atoms with Crippen LogP contribution in [0.4, 0.5) is 0 Å². The maximum Gasteiger partial charge on any atom is -0.00109 e. The summed E-state index contributed by atoms with van der Waals surface area (Å²) in [7, 11) is 0. The molecule has 60 valence electrons. The number of benzene rings is 1. The van der Waals surface area contributed by atoms with Crippen molar-refractivity contribution in [1.82, 2.24) is 0 Å². The summed E-state index contributed by atoms with van der Waals surface area (Å²) >= 11 is 0. The van der Waals surface area contributed by atoms with Crippen LogP contribution in [-0.4, -0.2) is 6.54 Å². The minimum Gasteiger partial charge on any atom is -0.330 e. The van der Waals surface area contributed by atoms with Crippen LogP contribution in [0.25, 0.3) is 0 Å². The molecule has 2 N–H and O–H groups in total. The standard InChI is InChI=1S/C10H15N/c1-8-4-3-5-10(6-8)9(2)7-11/h3-6,9H,7,11H2,1-2H3/t9-/m1/s1. The van der Waals surface area contributed by atoms with Crippen LogP contribution in [0.1, 0.15) is 24.0 Å². The third kappa shape index (κ3) is 2.05. The van der Waals surface area contributed by atoms with Crippen LogP contribution in [0.15, 0.2) is 24.3 Å². The smallest absolute Gasteiger partial charge is 0.00109 e.